The van der Waals surface area contributed by atoms with Crippen molar-refractivity contribution in [2.45, 2.75) is 46.3 Å². The lowest BCUT2D eigenvalue weighted by molar-refractivity contribution is -0.115. The maximum absolute atomic E-state index is 13.6. The van der Waals surface area contributed by atoms with Crippen molar-refractivity contribution in [3.63, 3.8) is 0 Å². The van der Waals surface area contributed by atoms with Crippen LogP contribution in [0.5, 0.6) is 5.75 Å². The molecule has 0 aliphatic carbocycles. The molecule has 0 bridgehead atoms. The Kier molecular flexibility index (Phi) is 13.6. The first-order chi connectivity index (χ1) is 22.3. The van der Waals surface area contributed by atoms with Gasteiger partial charge in [0.1, 0.15) is 35.0 Å². The molecule has 0 aliphatic heterocycles. The summed E-state index contributed by atoms with van der Waals surface area (Å²) in [5, 5.41) is 15.2. The minimum absolute atomic E-state index is 0.0643. The smallest absolute Gasteiger partial charge is 0.414 e. The van der Waals surface area contributed by atoms with Crippen LogP contribution in [-0.2, 0) is 16.1 Å². The molecule has 1 heterocycles. The molecule has 12 nitrogen and oxygen atoms in total. The van der Waals surface area contributed by atoms with E-state index in [9.17, 15) is 14.4 Å². The van der Waals surface area contributed by atoms with Gasteiger partial charge in [-0.25, -0.2) is 9.79 Å². The van der Waals surface area contributed by atoms with E-state index >= 15 is 0 Å². The molecule has 0 atom stereocenters. The average Bonchev–Trinajstić information content (AvgIpc) is 3.39. The number of hydrogen-bond donors (Lipinski definition) is 4. The topological polar surface area (TPSA) is 156 Å². The molecule has 3 amide bonds. The quantitative estimate of drug-likeness (QED) is 0.0694. The number of ether oxygens (including phenoxy) is 2. The summed E-state index contributed by atoms with van der Waals surface area (Å²) >= 11 is 12.9. The van der Waals surface area contributed by atoms with Gasteiger partial charge in [0.05, 0.1) is 28.8 Å². The maximum atomic E-state index is 13.6. The number of nitrogens with zero attached hydrogens (tertiary/aromatic N) is 2. The Morgan fingerprint density at radius 2 is 1.72 bits per heavy atom. The molecule has 0 saturated carbocycles. The van der Waals surface area contributed by atoms with Crippen LogP contribution < -0.4 is 26.0 Å². The number of carbonyl (C=O) groups is 3. The third kappa shape index (κ3) is 11.6. The number of nitrogens with one attached hydrogen (secondary N) is 4. The van der Waals surface area contributed by atoms with Gasteiger partial charge in [-0.05, 0) is 82.6 Å². The minimum atomic E-state index is -0.843. The molecule has 0 saturated heterocycles. The van der Waals surface area contributed by atoms with E-state index in [1.807, 2.05) is 0 Å². The van der Waals surface area contributed by atoms with Crippen molar-refractivity contribution in [1.29, 1.82) is 0 Å². The van der Waals surface area contributed by atoms with Gasteiger partial charge in [-0.2, -0.15) is 0 Å². The Balaban J connectivity index is 1.83. The van der Waals surface area contributed by atoms with Crippen molar-refractivity contribution in [1.82, 2.24) is 21.1 Å². The summed E-state index contributed by atoms with van der Waals surface area (Å²) < 4.78 is 16.2. The Hall–Kier alpha value is -4.65. The van der Waals surface area contributed by atoms with Crippen LogP contribution >= 0.6 is 23.2 Å². The average molecular weight is 686 g/mol. The molecule has 3 aromatic rings. The number of amides is 3. The molecule has 0 radical (unpaired) electrons. The van der Waals surface area contributed by atoms with Gasteiger partial charge < -0.3 is 24.6 Å². The van der Waals surface area contributed by atoms with Crippen molar-refractivity contribution in [2.24, 2.45) is 4.99 Å². The summed E-state index contributed by atoms with van der Waals surface area (Å²) in [6, 6.07) is 10.1. The lowest BCUT2D eigenvalue weighted by Crippen LogP contribution is -2.46. The number of rotatable bonds is 13. The van der Waals surface area contributed by atoms with Crippen LogP contribution in [0.4, 0.5) is 10.5 Å². The van der Waals surface area contributed by atoms with Gasteiger partial charge >= 0.3 is 6.09 Å². The molecular formula is C33H38Cl2N6O6. The third-order valence-electron chi connectivity index (χ3n) is 6.03. The normalized spacial score (nSPS) is 11.4. The highest BCUT2D eigenvalue weighted by Gasteiger charge is 2.25. The van der Waals surface area contributed by atoms with E-state index < -0.39 is 17.6 Å². The Morgan fingerprint density at radius 1 is 1.04 bits per heavy atom. The van der Waals surface area contributed by atoms with Crippen LogP contribution in [0.25, 0.3) is 11.3 Å². The summed E-state index contributed by atoms with van der Waals surface area (Å²) in [6.45, 7) is 14.9. The second-order valence-electron chi connectivity index (χ2n) is 11.1. The number of guanidine groups is 1. The Morgan fingerprint density at radius 3 is 2.34 bits per heavy atom. The van der Waals surface area contributed by atoms with Crippen LogP contribution in [0, 0.1) is 6.92 Å². The van der Waals surface area contributed by atoms with Crippen LogP contribution in [0.1, 0.15) is 48.9 Å². The van der Waals surface area contributed by atoms with Gasteiger partial charge in [-0.15, -0.1) is 6.58 Å². The number of aryl methyl sites for hydroxylation is 1. The van der Waals surface area contributed by atoms with E-state index in [0.717, 1.165) is 6.42 Å². The number of benzene rings is 2. The molecular weight excluding hydrogens is 647 g/mol. The van der Waals surface area contributed by atoms with Crippen LogP contribution in [-0.4, -0.2) is 54.3 Å². The number of aliphatic imine (C=N–C) groups is 1. The zero-order valence-electron chi connectivity index (χ0n) is 26.7. The Bertz CT molecular complexity index is 1610. The first-order valence-electron chi connectivity index (χ1n) is 14.6. The molecule has 1 aromatic heterocycles. The highest BCUT2D eigenvalue weighted by atomic mass is 35.5. The van der Waals surface area contributed by atoms with Crippen molar-refractivity contribution >= 4 is 52.8 Å². The van der Waals surface area contributed by atoms with Gasteiger partial charge in [0, 0.05) is 5.56 Å². The lowest BCUT2D eigenvalue weighted by Gasteiger charge is -2.20. The summed E-state index contributed by atoms with van der Waals surface area (Å²) in [5.74, 6) is -0.318. The van der Waals surface area contributed by atoms with Crippen molar-refractivity contribution in [2.75, 3.05) is 25.0 Å². The van der Waals surface area contributed by atoms with E-state index in [0.29, 0.717) is 30.0 Å². The number of carbonyl (C=O) groups excluding carboxylic acids is 3. The van der Waals surface area contributed by atoms with E-state index in [1.165, 1.54) is 0 Å². The van der Waals surface area contributed by atoms with Gasteiger partial charge in [0.25, 0.3) is 5.91 Å². The van der Waals surface area contributed by atoms with Crippen molar-refractivity contribution in [3.8, 4) is 17.0 Å². The second kappa shape index (κ2) is 17.3. The fraction of sp³-hybridized carbons (Fsp3) is 0.303. The lowest BCUT2D eigenvalue weighted by atomic mass is 10.1. The molecule has 2 aromatic carbocycles. The molecule has 0 spiro atoms. The molecule has 0 aliphatic rings. The molecule has 4 N–H and O–H groups in total. The maximum Gasteiger partial charge on any atom is 0.414 e. The van der Waals surface area contributed by atoms with Gasteiger partial charge in [-0.1, -0.05) is 47.1 Å². The molecule has 47 heavy (non-hydrogen) atoms. The first kappa shape index (κ1) is 36.8. The second-order valence-corrected chi connectivity index (χ2v) is 11.9. The van der Waals surface area contributed by atoms with E-state index in [4.69, 9.17) is 37.2 Å². The Labute approximate surface area is 283 Å². The minimum Gasteiger partial charge on any atom is -0.490 e. The molecule has 3 rings (SSSR count). The van der Waals surface area contributed by atoms with E-state index in [1.54, 1.807) is 76.2 Å². The predicted molar refractivity (Wildman–Crippen MR) is 183 cm³/mol. The molecule has 0 fully saturated rings. The fourth-order valence-corrected chi connectivity index (χ4v) is 4.60. The number of halogens is 2. The standard InChI is InChI=1S/C33H38Cl2N6O6/c1-7-9-14-36-19-26(42)38-29-24(34)16-21(17-25(29)35)18-37-31(40-32(44)46-33(4,5)6)39-30(43)27-20(3)47-41-28(27)22-10-12-23(13-11-22)45-15-8-2/h7-8,10-13,16-17,36H,1-2,9,14-15,18-19H2,3-6H3,(H,38,42)(H2,37,39,40,43,44). The molecule has 0 unspecified atom stereocenters. The summed E-state index contributed by atoms with van der Waals surface area (Å²) in [5.41, 5.74) is 0.961. The number of alkyl carbamates (subject to hydrolysis) is 1. The summed E-state index contributed by atoms with van der Waals surface area (Å²) in [4.78, 5) is 43.0. The van der Waals surface area contributed by atoms with E-state index in [-0.39, 0.29) is 57.7 Å². The van der Waals surface area contributed by atoms with Gasteiger partial charge in [-0.3, -0.25) is 20.2 Å². The summed E-state index contributed by atoms with van der Waals surface area (Å²) in [6.07, 6.45) is 3.25. The SMILES string of the molecule is C=CCCNCC(=O)Nc1c(Cl)cc(CN=C(NC(=O)OC(C)(C)C)NC(=O)c2c(-c3ccc(OCC=C)cc3)noc2C)cc1Cl. The van der Waals surface area contributed by atoms with Gasteiger partial charge in [0.15, 0.2) is 0 Å². The largest absolute Gasteiger partial charge is 0.490 e. The van der Waals surface area contributed by atoms with Crippen LogP contribution in [0.2, 0.25) is 10.0 Å². The number of aromatic nitrogens is 1. The third-order valence-corrected chi connectivity index (χ3v) is 6.63. The number of anilines is 1. The first-order valence-corrected chi connectivity index (χ1v) is 15.3. The highest BCUT2D eigenvalue weighted by Crippen LogP contribution is 2.32. The fourth-order valence-electron chi connectivity index (χ4n) is 3.98. The van der Waals surface area contributed by atoms with Crippen LogP contribution in [0.3, 0.4) is 0 Å². The molecule has 250 valence electrons. The van der Waals surface area contributed by atoms with Crippen LogP contribution in [0.15, 0.2) is 71.2 Å². The molecule has 14 heteroatoms. The number of hydrogen-bond acceptors (Lipinski definition) is 9. The van der Waals surface area contributed by atoms with Crippen molar-refractivity contribution in [3.05, 3.63) is 88.6 Å². The van der Waals surface area contributed by atoms with E-state index in [2.05, 4.69) is 44.6 Å². The van der Waals surface area contributed by atoms with Gasteiger partial charge in [0.2, 0.25) is 11.9 Å². The zero-order chi connectivity index (χ0) is 34.6. The predicted octanol–water partition coefficient (Wildman–Crippen LogP) is 6.44. The van der Waals surface area contributed by atoms with Crippen molar-refractivity contribution < 1.29 is 28.4 Å². The highest BCUT2D eigenvalue weighted by molar-refractivity contribution is 6.39. The monoisotopic (exact) mass is 684 g/mol. The zero-order valence-corrected chi connectivity index (χ0v) is 28.2. The summed E-state index contributed by atoms with van der Waals surface area (Å²) in [7, 11) is 0.